The van der Waals surface area contributed by atoms with E-state index in [1.54, 1.807) is 11.3 Å². The van der Waals surface area contributed by atoms with Gasteiger partial charge in [-0.15, -0.1) is 22.9 Å². The standard InChI is InChI=1S/C14H19ClS/c1-2-3-4-5-8-13-10-12-16-14(13)9-6-7-11-15/h10,12H,2-5,7-8,11H2,1H3. The van der Waals surface area contributed by atoms with E-state index in [-0.39, 0.29) is 0 Å². The van der Waals surface area contributed by atoms with Crippen molar-refractivity contribution in [2.75, 3.05) is 5.88 Å². The molecule has 1 rings (SSSR count). The Bertz CT molecular complexity index is 343. The first-order valence-corrected chi connectivity index (χ1v) is 7.41. The van der Waals surface area contributed by atoms with E-state index in [0.717, 1.165) is 6.42 Å². The van der Waals surface area contributed by atoms with E-state index in [0.29, 0.717) is 5.88 Å². The number of hydrogen-bond acceptors (Lipinski definition) is 1. The molecule has 0 aliphatic carbocycles. The van der Waals surface area contributed by atoms with Gasteiger partial charge in [0.15, 0.2) is 0 Å². The molecule has 0 N–H and O–H groups in total. The van der Waals surface area contributed by atoms with Gasteiger partial charge < -0.3 is 0 Å². The van der Waals surface area contributed by atoms with Crippen LogP contribution in [0.2, 0.25) is 0 Å². The third kappa shape index (κ3) is 5.05. The van der Waals surface area contributed by atoms with E-state index in [9.17, 15) is 0 Å². The van der Waals surface area contributed by atoms with Gasteiger partial charge in [-0.25, -0.2) is 0 Å². The van der Waals surface area contributed by atoms with Crippen molar-refractivity contribution in [2.45, 2.75) is 45.4 Å². The molecule has 1 aromatic rings. The molecule has 0 fully saturated rings. The molecule has 1 aromatic heterocycles. The summed E-state index contributed by atoms with van der Waals surface area (Å²) in [7, 11) is 0. The van der Waals surface area contributed by atoms with Crippen molar-refractivity contribution in [3.05, 3.63) is 21.9 Å². The summed E-state index contributed by atoms with van der Waals surface area (Å²) in [6.07, 6.45) is 7.22. The van der Waals surface area contributed by atoms with Crippen molar-refractivity contribution >= 4 is 22.9 Å². The summed E-state index contributed by atoms with van der Waals surface area (Å²) in [5.41, 5.74) is 1.42. The maximum Gasteiger partial charge on any atom is 0.0800 e. The highest BCUT2D eigenvalue weighted by molar-refractivity contribution is 7.10. The van der Waals surface area contributed by atoms with Gasteiger partial charge in [0.25, 0.3) is 0 Å². The number of hydrogen-bond donors (Lipinski definition) is 0. The number of unbranched alkanes of at least 4 members (excludes halogenated alkanes) is 3. The van der Waals surface area contributed by atoms with Crippen LogP contribution >= 0.6 is 22.9 Å². The smallest absolute Gasteiger partial charge is 0.0800 e. The SMILES string of the molecule is CCCCCCc1ccsc1C#CCCCl. The van der Waals surface area contributed by atoms with E-state index in [1.165, 1.54) is 42.5 Å². The Hall–Kier alpha value is -0.450. The van der Waals surface area contributed by atoms with Crippen LogP contribution in [0.4, 0.5) is 0 Å². The predicted molar refractivity (Wildman–Crippen MR) is 74.4 cm³/mol. The minimum absolute atomic E-state index is 0.629. The topological polar surface area (TPSA) is 0 Å². The Morgan fingerprint density at radius 1 is 1.31 bits per heavy atom. The number of halogens is 1. The van der Waals surface area contributed by atoms with Crippen LogP contribution in [0.3, 0.4) is 0 Å². The number of aryl methyl sites for hydroxylation is 1. The second-order valence-corrected chi connectivity index (χ2v) is 5.12. The third-order valence-corrected chi connectivity index (χ3v) is 3.53. The molecule has 0 atom stereocenters. The molecule has 0 saturated heterocycles. The second kappa shape index (κ2) is 8.67. The Labute approximate surface area is 108 Å². The monoisotopic (exact) mass is 254 g/mol. The highest BCUT2D eigenvalue weighted by Crippen LogP contribution is 2.18. The summed E-state index contributed by atoms with van der Waals surface area (Å²) in [6, 6.07) is 2.21. The first-order chi connectivity index (χ1) is 7.88. The van der Waals surface area contributed by atoms with E-state index < -0.39 is 0 Å². The number of alkyl halides is 1. The zero-order valence-electron chi connectivity index (χ0n) is 9.89. The molecule has 0 aromatic carbocycles. The van der Waals surface area contributed by atoms with Crippen LogP contribution < -0.4 is 0 Å². The quantitative estimate of drug-likeness (QED) is 0.387. The third-order valence-electron chi connectivity index (χ3n) is 2.47. The summed E-state index contributed by atoms with van der Waals surface area (Å²) in [5, 5.41) is 2.14. The maximum atomic E-state index is 5.60. The van der Waals surface area contributed by atoms with Crippen molar-refractivity contribution in [3.8, 4) is 11.8 Å². The molecule has 2 heteroatoms. The highest BCUT2D eigenvalue weighted by Gasteiger charge is 2.00. The summed E-state index contributed by atoms with van der Waals surface area (Å²) < 4.78 is 0. The normalized spacial score (nSPS) is 9.88. The first-order valence-electron chi connectivity index (χ1n) is 5.99. The van der Waals surface area contributed by atoms with Crippen molar-refractivity contribution in [1.82, 2.24) is 0 Å². The van der Waals surface area contributed by atoms with Gasteiger partial charge in [-0.3, -0.25) is 0 Å². The van der Waals surface area contributed by atoms with Crippen LogP contribution in [0.15, 0.2) is 11.4 Å². The van der Waals surface area contributed by atoms with E-state index in [1.807, 2.05) is 0 Å². The van der Waals surface area contributed by atoms with E-state index in [4.69, 9.17) is 11.6 Å². The van der Waals surface area contributed by atoms with E-state index >= 15 is 0 Å². The van der Waals surface area contributed by atoms with Gasteiger partial charge in [-0.1, -0.05) is 38.0 Å². The molecular weight excluding hydrogens is 236 g/mol. The second-order valence-electron chi connectivity index (χ2n) is 3.83. The minimum Gasteiger partial charge on any atom is -0.135 e. The summed E-state index contributed by atoms with van der Waals surface area (Å²) in [5.74, 6) is 6.96. The Morgan fingerprint density at radius 3 is 2.94 bits per heavy atom. The van der Waals surface area contributed by atoms with Gasteiger partial charge in [0.1, 0.15) is 0 Å². The van der Waals surface area contributed by atoms with Gasteiger partial charge in [-0.2, -0.15) is 0 Å². The molecule has 0 unspecified atom stereocenters. The summed E-state index contributed by atoms with van der Waals surface area (Å²) in [6.45, 7) is 2.24. The van der Waals surface area contributed by atoms with Crippen molar-refractivity contribution in [3.63, 3.8) is 0 Å². The highest BCUT2D eigenvalue weighted by atomic mass is 35.5. The molecule has 0 saturated carbocycles. The fourth-order valence-electron chi connectivity index (χ4n) is 1.57. The minimum atomic E-state index is 0.629. The van der Waals surface area contributed by atoms with Crippen molar-refractivity contribution < 1.29 is 0 Å². The Morgan fingerprint density at radius 2 is 2.19 bits per heavy atom. The molecule has 0 amide bonds. The van der Waals surface area contributed by atoms with Gasteiger partial charge in [0, 0.05) is 12.3 Å². The lowest BCUT2D eigenvalue weighted by atomic mass is 10.1. The number of rotatable bonds is 6. The van der Waals surface area contributed by atoms with Gasteiger partial charge in [0.05, 0.1) is 4.88 Å². The van der Waals surface area contributed by atoms with E-state index in [2.05, 4.69) is 30.2 Å². The van der Waals surface area contributed by atoms with Crippen molar-refractivity contribution in [2.24, 2.45) is 0 Å². The zero-order chi connectivity index (χ0) is 11.6. The average molecular weight is 255 g/mol. The molecule has 1 heterocycles. The Kier molecular flexibility index (Phi) is 7.38. The summed E-state index contributed by atoms with van der Waals surface area (Å²) >= 11 is 7.35. The predicted octanol–water partition coefficient (Wildman–Crippen LogP) is 4.85. The summed E-state index contributed by atoms with van der Waals surface area (Å²) in [4.78, 5) is 1.24. The molecule has 16 heavy (non-hydrogen) atoms. The first kappa shape index (κ1) is 13.6. The van der Waals surface area contributed by atoms with Gasteiger partial charge >= 0.3 is 0 Å². The molecule has 0 aliphatic rings. The lowest BCUT2D eigenvalue weighted by Gasteiger charge is -1.98. The largest absolute Gasteiger partial charge is 0.135 e. The molecule has 0 nitrogen and oxygen atoms in total. The van der Waals surface area contributed by atoms with Crippen LogP contribution in [-0.2, 0) is 6.42 Å². The lowest BCUT2D eigenvalue weighted by molar-refractivity contribution is 0.667. The molecule has 0 spiro atoms. The van der Waals surface area contributed by atoms with Crippen LogP contribution in [0.1, 0.15) is 49.5 Å². The molecule has 0 radical (unpaired) electrons. The lowest BCUT2D eigenvalue weighted by Crippen LogP contribution is -1.86. The van der Waals surface area contributed by atoms with Crippen LogP contribution in [0, 0.1) is 11.8 Å². The van der Waals surface area contributed by atoms with Gasteiger partial charge in [0.2, 0.25) is 0 Å². The van der Waals surface area contributed by atoms with Crippen LogP contribution in [0.25, 0.3) is 0 Å². The molecule has 88 valence electrons. The van der Waals surface area contributed by atoms with Crippen molar-refractivity contribution in [1.29, 1.82) is 0 Å². The van der Waals surface area contributed by atoms with Crippen LogP contribution in [0.5, 0.6) is 0 Å². The average Bonchev–Trinajstić information content (AvgIpc) is 2.73. The zero-order valence-corrected chi connectivity index (χ0v) is 11.5. The fourth-order valence-corrected chi connectivity index (χ4v) is 2.49. The molecular formula is C14H19ClS. The van der Waals surface area contributed by atoms with Gasteiger partial charge in [-0.05, 0) is 29.9 Å². The maximum absolute atomic E-state index is 5.60. The van der Waals surface area contributed by atoms with Crippen LogP contribution in [-0.4, -0.2) is 5.88 Å². The molecule has 0 aliphatic heterocycles. The Balaban J connectivity index is 2.42. The molecule has 0 bridgehead atoms. The fraction of sp³-hybridized carbons (Fsp3) is 0.571. The number of thiophene rings is 1.